The van der Waals surface area contributed by atoms with Crippen LogP contribution in [-0.4, -0.2) is 18.3 Å². The second-order valence-electron chi connectivity index (χ2n) is 7.24. The molecule has 1 fully saturated rings. The van der Waals surface area contributed by atoms with Crippen molar-refractivity contribution in [2.75, 3.05) is 13.2 Å². The maximum atomic E-state index is 10.1. The first-order valence-corrected chi connectivity index (χ1v) is 8.30. The zero-order valence-electron chi connectivity index (χ0n) is 13.7. The zero-order chi connectivity index (χ0) is 15.3. The maximum Gasteiger partial charge on any atom is 0.0717 e. The van der Waals surface area contributed by atoms with Crippen LogP contribution in [0.2, 0.25) is 0 Å². The van der Waals surface area contributed by atoms with Gasteiger partial charge in [-0.25, -0.2) is 0 Å². The molecule has 2 heteroatoms. The van der Waals surface area contributed by atoms with Gasteiger partial charge >= 0.3 is 0 Å². The molecule has 2 nitrogen and oxygen atoms in total. The molecule has 0 amide bonds. The highest BCUT2D eigenvalue weighted by Gasteiger charge is 2.44. The summed E-state index contributed by atoms with van der Waals surface area (Å²) in [4.78, 5) is 0. The lowest BCUT2D eigenvalue weighted by Crippen LogP contribution is -2.45. The molecule has 1 aromatic rings. The summed E-state index contributed by atoms with van der Waals surface area (Å²) in [5.41, 5.74) is 1.15. The van der Waals surface area contributed by atoms with E-state index >= 15 is 0 Å². The molecule has 0 bridgehead atoms. The summed E-state index contributed by atoms with van der Waals surface area (Å²) in [6.45, 7) is 8.42. The van der Waals surface area contributed by atoms with Crippen LogP contribution in [0.1, 0.15) is 45.6 Å². The van der Waals surface area contributed by atoms with Crippen LogP contribution in [0.25, 0.3) is 0 Å². The number of hydrogen-bond donors (Lipinski definition) is 1. The summed E-state index contributed by atoms with van der Waals surface area (Å²) < 4.78 is 6.02. The Morgan fingerprint density at radius 3 is 2.57 bits per heavy atom. The molecule has 21 heavy (non-hydrogen) atoms. The summed E-state index contributed by atoms with van der Waals surface area (Å²) in [6.07, 6.45) is 3.58. The Balaban J connectivity index is 2.00. The predicted octanol–water partition coefficient (Wildman–Crippen LogP) is 4.27. The molecule has 1 aliphatic rings. The van der Waals surface area contributed by atoms with Gasteiger partial charge in [0.25, 0.3) is 0 Å². The van der Waals surface area contributed by atoms with Crippen LogP contribution in [0.3, 0.4) is 0 Å². The second kappa shape index (κ2) is 7.42. The van der Waals surface area contributed by atoms with Gasteiger partial charge in [-0.2, -0.15) is 0 Å². The van der Waals surface area contributed by atoms with Crippen molar-refractivity contribution in [3.05, 3.63) is 35.9 Å². The van der Waals surface area contributed by atoms with Gasteiger partial charge in [-0.3, -0.25) is 0 Å². The minimum atomic E-state index is -0.0549. The highest BCUT2D eigenvalue weighted by molar-refractivity contribution is 5.13. The lowest BCUT2D eigenvalue weighted by molar-refractivity contribution is -0.0834. The van der Waals surface area contributed by atoms with Gasteiger partial charge in [-0.15, -0.1) is 0 Å². The molecule has 1 saturated carbocycles. The van der Waals surface area contributed by atoms with Crippen LogP contribution >= 0.6 is 0 Å². The first kappa shape index (κ1) is 16.5. The van der Waals surface area contributed by atoms with Crippen LogP contribution in [0.15, 0.2) is 30.3 Å². The van der Waals surface area contributed by atoms with Crippen molar-refractivity contribution in [3.8, 4) is 0 Å². The van der Waals surface area contributed by atoms with Crippen LogP contribution in [0, 0.1) is 23.2 Å². The minimum Gasteiger partial charge on any atom is -0.396 e. The van der Waals surface area contributed by atoms with Gasteiger partial charge < -0.3 is 9.84 Å². The largest absolute Gasteiger partial charge is 0.396 e. The summed E-state index contributed by atoms with van der Waals surface area (Å²) in [6, 6.07) is 10.3. The molecule has 0 aromatic heterocycles. The van der Waals surface area contributed by atoms with E-state index in [9.17, 15) is 5.11 Å². The third-order valence-corrected chi connectivity index (χ3v) is 5.13. The predicted molar refractivity (Wildman–Crippen MR) is 87.0 cm³/mol. The number of ether oxygens (including phenoxy) is 1. The third kappa shape index (κ3) is 4.08. The van der Waals surface area contributed by atoms with Crippen LogP contribution in [0.5, 0.6) is 0 Å². The highest BCUT2D eigenvalue weighted by atomic mass is 16.5. The van der Waals surface area contributed by atoms with Gasteiger partial charge in [0.05, 0.1) is 19.8 Å². The lowest BCUT2D eigenvalue weighted by atomic mass is 9.60. The standard InChI is InChI=1S/C19H30O2/c1-15(2)18-10-9-16(3)11-19(18,13-20)14-21-12-17-7-5-4-6-8-17/h4-8,15-16,18,20H,9-14H2,1-3H3/t16-,18-,19-/m1/s1. The normalized spacial score (nSPS) is 29.8. The van der Waals surface area contributed by atoms with E-state index in [2.05, 4.69) is 32.9 Å². The first-order chi connectivity index (χ1) is 10.1. The summed E-state index contributed by atoms with van der Waals surface area (Å²) in [5.74, 6) is 1.85. The molecule has 0 unspecified atom stereocenters. The van der Waals surface area contributed by atoms with Crippen molar-refractivity contribution in [2.45, 2.75) is 46.6 Å². The average molecular weight is 290 g/mol. The van der Waals surface area contributed by atoms with E-state index in [0.717, 1.165) is 6.42 Å². The highest BCUT2D eigenvalue weighted by Crippen LogP contribution is 2.47. The fraction of sp³-hybridized carbons (Fsp3) is 0.684. The molecular formula is C19H30O2. The summed E-state index contributed by atoms with van der Waals surface area (Å²) in [7, 11) is 0. The molecule has 0 heterocycles. The van der Waals surface area contributed by atoms with Gasteiger partial charge in [0.1, 0.15) is 0 Å². The van der Waals surface area contributed by atoms with E-state index in [0.29, 0.717) is 31.0 Å². The molecule has 3 atom stereocenters. The van der Waals surface area contributed by atoms with E-state index in [4.69, 9.17) is 4.74 Å². The molecule has 1 aliphatic carbocycles. The molecule has 0 saturated heterocycles. The van der Waals surface area contributed by atoms with Gasteiger partial charge in [0.15, 0.2) is 0 Å². The van der Waals surface area contributed by atoms with Crippen LogP contribution in [0.4, 0.5) is 0 Å². The number of hydrogen-bond acceptors (Lipinski definition) is 2. The Morgan fingerprint density at radius 1 is 1.24 bits per heavy atom. The van der Waals surface area contributed by atoms with Crippen LogP contribution in [-0.2, 0) is 11.3 Å². The van der Waals surface area contributed by atoms with E-state index in [1.807, 2.05) is 18.2 Å². The molecule has 118 valence electrons. The summed E-state index contributed by atoms with van der Waals surface area (Å²) >= 11 is 0. The Labute approximate surface area is 129 Å². The summed E-state index contributed by atoms with van der Waals surface area (Å²) in [5, 5.41) is 10.1. The van der Waals surface area contributed by atoms with Gasteiger partial charge in [0, 0.05) is 5.41 Å². The van der Waals surface area contributed by atoms with Crippen molar-refractivity contribution >= 4 is 0 Å². The molecule has 1 N–H and O–H groups in total. The number of benzene rings is 1. The maximum absolute atomic E-state index is 10.1. The van der Waals surface area contributed by atoms with Gasteiger partial charge in [-0.05, 0) is 36.2 Å². The third-order valence-electron chi connectivity index (χ3n) is 5.13. The Morgan fingerprint density at radius 2 is 1.95 bits per heavy atom. The van der Waals surface area contributed by atoms with Crippen molar-refractivity contribution < 1.29 is 9.84 Å². The number of aliphatic hydroxyl groups excluding tert-OH is 1. The smallest absolute Gasteiger partial charge is 0.0717 e. The lowest BCUT2D eigenvalue weighted by Gasteiger charge is -2.47. The molecular weight excluding hydrogens is 260 g/mol. The fourth-order valence-corrected chi connectivity index (χ4v) is 4.10. The van der Waals surface area contributed by atoms with E-state index in [1.165, 1.54) is 18.4 Å². The molecule has 2 rings (SSSR count). The SMILES string of the molecule is CC(C)[C@H]1CC[C@@H](C)C[C@@]1(CO)COCc1ccccc1. The average Bonchev–Trinajstić information content (AvgIpc) is 2.48. The Bertz CT molecular complexity index is 415. The zero-order valence-corrected chi connectivity index (χ0v) is 13.7. The van der Waals surface area contributed by atoms with Crippen molar-refractivity contribution in [3.63, 3.8) is 0 Å². The molecule has 0 spiro atoms. The monoisotopic (exact) mass is 290 g/mol. The Hall–Kier alpha value is -0.860. The molecule has 1 aromatic carbocycles. The van der Waals surface area contributed by atoms with E-state index in [-0.39, 0.29) is 12.0 Å². The van der Waals surface area contributed by atoms with Gasteiger partial charge in [-0.1, -0.05) is 57.5 Å². The number of rotatable bonds is 6. The second-order valence-corrected chi connectivity index (χ2v) is 7.24. The minimum absolute atomic E-state index is 0.0549. The first-order valence-electron chi connectivity index (χ1n) is 8.30. The van der Waals surface area contributed by atoms with Gasteiger partial charge in [0.2, 0.25) is 0 Å². The van der Waals surface area contributed by atoms with E-state index in [1.54, 1.807) is 0 Å². The Kier molecular flexibility index (Phi) is 5.83. The van der Waals surface area contributed by atoms with Crippen molar-refractivity contribution in [1.82, 2.24) is 0 Å². The van der Waals surface area contributed by atoms with Crippen molar-refractivity contribution in [1.29, 1.82) is 0 Å². The van der Waals surface area contributed by atoms with E-state index < -0.39 is 0 Å². The number of aliphatic hydroxyl groups is 1. The quantitative estimate of drug-likeness (QED) is 0.847. The fourth-order valence-electron chi connectivity index (χ4n) is 4.10. The van der Waals surface area contributed by atoms with Crippen molar-refractivity contribution in [2.24, 2.45) is 23.2 Å². The molecule has 0 radical (unpaired) electrons. The topological polar surface area (TPSA) is 29.5 Å². The van der Waals surface area contributed by atoms with Crippen LogP contribution < -0.4 is 0 Å². The molecule has 0 aliphatic heterocycles.